The lowest BCUT2D eigenvalue weighted by molar-refractivity contribution is 0.0537. The Balaban J connectivity index is 2.32. The third-order valence-electron chi connectivity index (χ3n) is 2.08. The number of hydrogen-bond donors (Lipinski definition) is 1. The SMILES string of the molecule is CCNc1nc(C)cc(OCCOCCOC)n1. The number of aromatic nitrogens is 2. The van der Waals surface area contributed by atoms with E-state index in [0.717, 1.165) is 12.2 Å². The largest absolute Gasteiger partial charge is 0.475 e. The normalized spacial score (nSPS) is 10.4. The molecule has 1 heterocycles. The van der Waals surface area contributed by atoms with Gasteiger partial charge in [-0.15, -0.1) is 0 Å². The first kappa shape index (κ1) is 14.7. The van der Waals surface area contributed by atoms with Crippen molar-refractivity contribution in [1.82, 2.24) is 9.97 Å². The topological polar surface area (TPSA) is 65.5 Å². The van der Waals surface area contributed by atoms with E-state index in [1.807, 2.05) is 13.8 Å². The maximum Gasteiger partial charge on any atom is 0.226 e. The van der Waals surface area contributed by atoms with Gasteiger partial charge in [0, 0.05) is 25.4 Å². The summed E-state index contributed by atoms with van der Waals surface area (Å²) in [6.45, 7) is 6.83. The molecule has 0 saturated carbocycles. The van der Waals surface area contributed by atoms with Gasteiger partial charge in [-0.1, -0.05) is 0 Å². The fourth-order valence-corrected chi connectivity index (χ4v) is 1.30. The molecule has 0 spiro atoms. The number of rotatable bonds is 9. The molecule has 1 aromatic heterocycles. The van der Waals surface area contributed by atoms with Gasteiger partial charge in [0.1, 0.15) is 6.61 Å². The van der Waals surface area contributed by atoms with Crippen LogP contribution in [0.5, 0.6) is 5.88 Å². The van der Waals surface area contributed by atoms with Crippen LogP contribution < -0.4 is 10.1 Å². The molecule has 1 aromatic rings. The molecule has 0 fully saturated rings. The van der Waals surface area contributed by atoms with Crippen molar-refractivity contribution >= 4 is 5.95 Å². The standard InChI is InChI=1S/C12H21N3O3/c1-4-13-12-14-10(2)9-11(15-12)18-8-7-17-6-5-16-3/h9H,4-8H2,1-3H3,(H,13,14,15). The first-order valence-electron chi connectivity index (χ1n) is 6.05. The molecule has 0 aromatic carbocycles. The number of hydrogen-bond acceptors (Lipinski definition) is 6. The number of aryl methyl sites for hydroxylation is 1. The Hall–Kier alpha value is -1.40. The zero-order chi connectivity index (χ0) is 13.2. The number of nitrogens with zero attached hydrogens (tertiary/aromatic N) is 2. The molecule has 18 heavy (non-hydrogen) atoms. The summed E-state index contributed by atoms with van der Waals surface area (Å²) in [5, 5.41) is 3.06. The van der Waals surface area contributed by atoms with Crippen molar-refractivity contribution < 1.29 is 14.2 Å². The molecule has 0 bridgehead atoms. The molecule has 0 amide bonds. The van der Waals surface area contributed by atoms with Gasteiger partial charge in [-0.3, -0.25) is 0 Å². The van der Waals surface area contributed by atoms with Crippen LogP contribution in [0, 0.1) is 6.92 Å². The minimum atomic E-state index is 0.464. The van der Waals surface area contributed by atoms with E-state index < -0.39 is 0 Å². The summed E-state index contributed by atoms with van der Waals surface area (Å²) >= 11 is 0. The van der Waals surface area contributed by atoms with Crippen LogP contribution in [0.4, 0.5) is 5.95 Å². The Labute approximate surface area is 108 Å². The van der Waals surface area contributed by atoms with Gasteiger partial charge in [0.05, 0.1) is 19.8 Å². The van der Waals surface area contributed by atoms with Crippen molar-refractivity contribution in [1.29, 1.82) is 0 Å². The maximum absolute atomic E-state index is 5.50. The lowest BCUT2D eigenvalue weighted by Crippen LogP contribution is -2.11. The van der Waals surface area contributed by atoms with Crippen molar-refractivity contribution in [2.24, 2.45) is 0 Å². The second-order valence-electron chi connectivity index (χ2n) is 3.66. The van der Waals surface area contributed by atoms with Gasteiger partial charge < -0.3 is 19.5 Å². The van der Waals surface area contributed by atoms with E-state index in [2.05, 4.69) is 15.3 Å². The van der Waals surface area contributed by atoms with Gasteiger partial charge in [-0.2, -0.15) is 4.98 Å². The van der Waals surface area contributed by atoms with Crippen molar-refractivity contribution in [3.05, 3.63) is 11.8 Å². The summed E-state index contributed by atoms with van der Waals surface area (Å²) in [7, 11) is 1.64. The Morgan fingerprint density at radius 3 is 2.67 bits per heavy atom. The molecule has 0 unspecified atom stereocenters. The van der Waals surface area contributed by atoms with Crippen LogP contribution in [0.1, 0.15) is 12.6 Å². The molecule has 0 aliphatic carbocycles. The summed E-state index contributed by atoms with van der Waals surface area (Å²) in [4.78, 5) is 8.47. The molecule has 1 N–H and O–H groups in total. The second-order valence-corrected chi connectivity index (χ2v) is 3.66. The predicted octanol–water partition coefficient (Wildman–Crippen LogP) is 1.26. The van der Waals surface area contributed by atoms with E-state index in [9.17, 15) is 0 Å². The average Bonchev–Trinajstić information content (AvgIpc) is 2.33. The highest BCUT2D eigenvalue weighted by Crippen LogP contribution is 2.11. The first-order valence-corrected chi connectivity index (χ1v) is 6.05. The summed E-state index contributed by atoms with van der Waals surface area (Å²) in [5.74, 6) is 1.15. The average molecular weight is 255 g/mol. The van der Waals surface area contributed by atoms with Crippen molar-refractivity contribution in [2.45, 2.75) is 13.8 Å². The van der Waals surface area contributed by atoms with E-state index in [0.29, 0.717) is 38.3 Å². The van der Waals surface area contributed by atoms with E-state index in [-0.39, 0.29) is 0 Å². The molecule has 102 valence electrons. The van der Waals surface area contributed by atoms with Gasteiger partial charge in [0.15, 0.2) is 0 Å². The summed E-state index contributed by atoms with van der Waals surface area (Å²) in [6, 6.07) is 1.80. The zero-order valence-electron chi connectivity index (χ0n) is 11.2. The number of ether oxygens (including phenoxy) is 3. The highest BCUT2D eigenvalue weighted by molar-refractivity contribution is 5.30. The van der Waals surface area contributed by atoms with Crippen molar-refractivity contribution in [3.8, 4) is 5.88 Å². The van der Waals surface area contributed by atoms with Crippen LogP contribution in [-0.2, 0) is 9.47 Å². The van der Waals surface area contributed by atoms with E-state index in [1.165, 1.54) is 0 Å². The Morgan fingerprint density at radius 2 is 1.94 bits per heavy atom. The highest BCUT2D eigenvalue weighted by Gasteiger charge is 2.02. The van der Waals surface area contributed by atoms with E-state index >= 15 is 0 Å². The third kappa shape index (κ3) is 5.79. The molecule has 0 radical (unpaired) electrons. The summed E-state index contributed by atoms with van der Waals surface area (Å²) < 4.78 is 15.7. The molecule has 6 nitrogen and oxygen atoms in total. The fourth-order valence-electron chi connectivity index (χ4n) is 1.30. The fraction of sp³-hybridized carbons (Fsp3) is 0.667. The molecule has 0 atom stereocenters. The number of methoxy groups -OCH3 is 1. The van der Waals surface area contributed by atoms with Gasteiger partial charge in [-0.05, 0) is 13.8 Å². The second kappa shape index (κ2) is 8.66. The van der Waals surface area contributed by atoms with Gasteiger partial charge in [0.25, 0.3) is 0 Å². The minimum Gasteiger partial charge on any atom is -0.475 e. The highest BCUT2D eigenvalue weighted by atomic mass is 16.5. The number of nitrogens with one attached hydrogen (secondary N) is 1. The van der Waals surface area contributed by atoms with Crippen molar-refractivity contribution in [3.63, 3.8) is 0 Å². The summed E-state index contributed by atoms with van der Waals surface area (Å²) in [5.41, 5.74) is 0.872. The van der Waals surface area contributed by atoms with E-state index in [1.54, 1.807) is 13.2 Å². The van der Waals surface area contributed by atoms with Gasteiger partial charge in [0.2, 0.25) is 11.8 Å². The van der Waals surface area contributed by atoms with Crippen LogP contribution in [0.15, 0.2) is 6.07 Å². The lowest BCUT2D eigenvalue weighted by Gasteiger charge is -2.08. The predicted molar refractivity (Wildman–Crippen MR) is 69.1 cm³/mol. The van der Waals surface area contributed by atoms with Crippen LogP contribution in [0.25, 0.3) is 0 Å². The molecular weight excluding hydrogens is 234 g/mol. The molecule has 0 aliphatic heterocycles. The van der Waals surface area contributed by atoms with Crippen LogP contribution >= 0.6 is 0 Å². The maximum atomic E-state index is 5.50. The Morgan fingerprint density at radius 1 is 1.17 bits per heavy atom. The van der Waals surface area contributed by atoms with Crippen LogP contribution in [0.2, 0.25) is 0 Å². The smallest absolute Gasteiger partial charge is 0.226 e. The Bertz CT molecular complexity index is 347. The Kier molecular flexibility index (Phi) is 7.05. The molecular formula is C12H21N3O3. The molecule has 1 rings (SSSR count). The number of anilines is 1. The van der Waals surface area contributed by atoms with Crippen LogP contribution in [0.3, 0.4) is 0 Å². The quantitative estimate of drug-likeness (QED) is 0.670. The van der Waals surface area contributed by atoms with E-state index in [4.69, 9.17) is 14.2 Å². The molecule has 0 aliphatic rings. The first-order chi connectivity index (χ1) is 8.76. The molecule has 0 saturated heterocycles. The van der Waals surface area contributed by atoms with Crippen molar-refractivity contribution in [2.75, 3.05) is 45.4 Å². The zero-order valence-corrected chi connectivity index (χ0v) is 11.2. The van der Waals surface area contributed by atoms with Gasteiger partial charge in [-0.25, -0.2) is 4.98 Å². The van der Waals surface area contributed by atoms with Crippen LogP contribution in [-0.4, -0.2) is 50.1 Å². The lowest BCUT2D eigenvalue weighted by atomic mass is 10.4. The monoisotopic (exact) mass is 255 g/mol. The molecule has 6 heteroatoms. The third-order valence-corrected chi connectivity index (χ3v) is 2.08. The van der Waals surface area contributed by atoms with Gasteiger partial charge >= 0.3 is 0 Å². The minimum absolute atomic E-state index is 0.464. The summed E-state index contributed by atoms with van der Waals surface area (Å²) in [6.07, 6.45) is 0.